The van der Waals surface area contributed by atoms with Crippen LogP contribution in [0.5, 0.6) is 6.01 Å². The molecule has 0 bridgehead atoms. The highest BCUT2D eigenvalue weighted by Crippen LogP contribution is 2.27. The van der Waals surface area contributed by atoms with Gasteiger partial charge in [0, 0.05) is 56.0 Å². The fourth-order valence-corrected chi connectivity index (χ4v) is 4.09. The molecule has 1 N–H and O–H groups in total. The second-order valence-corrected chi connectivity index (χ2v) is 7.77. The molecule has 0 spiro atoms. The van der Waals surface area contributed by atoms with E-state index in [0.717, 1.165) is 40.7 Å². The summed E-state index contributed by atoms with van der Waals surface area (Å²) in [4.78, 5) is 25.7. The zero-order valence-electron chi connectivity index (χ0n) is 18.0. The number of hydrogen-bond donors (Lipinski definition) is 1. The lowest BCUT2D eigenvalue weighted by molar-refractivity contribution is 0.0696. The van der Waals surface area contributed by atoms with Gasteiger partial charge in [0.15, 0.2) is 0 Å². The normalized spacial score (nSPS) is 14.6. The number of anilines is 2. The molecule has 0 amide bonds. The molecule has 0 saturated carbocycles. The predicted molar refractivity (Wildman–Crippen MR) is 121 cm³/mol. The maximum Gasteiger partial charge on any atom is 0.329 e. The Morgan fingerprint density at radius 1 is 1.00 bits per heavy atom. The van der Waals surface area contributed by atoms with Gasteiger partial charge in [0.25, 0.3) is 0 Å². The largest absolute Gasteiger partial charge is 0.467 e. The summed E-state index contributed by atoms with van der Waals surface area (Å²) in [6.45, 7) is 1.35. The van der Waals surface area contributed by atoms with Crippen LogP contribution < -0.4 is 15.7 Å². The summed E-state index contributed by atoms with van der Waals surface area (Å²) in [5.74, 6) is 0.685. The van der Waals surface area contributed by atoms with Gasteiger partial charge in [0.2, 0.25) is 0 Å². The van der Waals surface area contributed by atoms with E-state index in [9.17, 15) is 4.79 Å². The summed E-state index contributed by atoms with van der Waals surface area (Å²) in [6, 6.07) is 10.4. The summed E-state index contributed by atoms with van der Waals surface area (Å²) in [5, 5.41) is 3.34. The molecule has 0 atom stereocenters. The summed E-state index contributed by atoms with van der Waals surface area (Å²) in [6.07, 6.45) is 6.88. The summed E-state index contributed by atoms with van der Waals surface area (Å²) < 4.78 is 14.0. The highest BCUT2D eigenvalue weighted by molar-refractivity contribution is 5.79. The Hall–Kier alpha value is -3.72. The topological polar surface area (TPSA) is 96.1 Å². The summed E-state index contributed by atoms with van der Waals surface area (Å²) in [5.41, 5.74) is 4.48. The Labute approximate surface area is 184 Å². The molecule has 32 heavy (non-hydrogen) atoms. The number of hydrogen-bond acceptors (Lipinski definition) is 7. The molecule has 1 aromatic carbocycles. The molecule has 0 radical (unpaired) electrons. The van der Waals surface area contributed by atoms with Crippen molar-refractivity contribution in [2.45, 2.75) is 18.9 Å². The molecule has 1 aliphatic heterocycles. The minimum atomic E-state index is -0.0167. The van der Waals surface area contributed by atoms with Gasteiger partial charge < -0.3 is 14.8 Å². The number of fused-ring (bicyclic) bond motifs is 1. The van der Waals surface area contributed by atoms with Crippen LogP contribution >= 0.6 is 0 Å². The number of aromatic nitrogens is 5. The number of ether oxygens (including phenoxy) is 2. The molecule has 0 unspecified atom stereocenters. The van der Waals surface area contributed by atoms with Gasteiger partial charge in [-0.25, -0.2) is 19.7 Å². The number of nitrogens with zero attached hydrogens (tertiary/aromatic N) is 5. The van der Waals surface area contributed by atoms with Gasteiger partial charge in [-0.05, 0) is 30.5 Å². The standard InChI is InChI=1S/C23H24N6O3/c1-28-20-14-24-21(11-19(20)29(23(28)30)18-7-9-32-10-8-18)27-17-5-3-15(4-6-17)16-12-25-22(31-2)26-13-16/h3-6,11-14,18H,7-10H2,1-2H3,(H,24,27). The van der Waals surface area contributed by atoms with Gasteiger partial charge in [-0.2, -0.15) is 0 Å². The van der Waals surface area contributed by atoms with Gasteiger partial charge in [0.1, 0.15) is 5.82 Å². The quantitative estimate of drug-likeness (QED) is 0.517. The number of rotatable bonds is 5. The highest BCUT2D eigenvalue weighted by atomic mass is 16.5. The fourth-order valence-electron chi connectivity index (χ4n) is 4.09. The second kappa shape index (κ2) is 8.43. The molecule has 9 nitrogen and oxygen atoms in total. The molecule has 4 heterocycles. The Kier molecular flexibility index (Phi) is 5.32. The van der Waals surface area contributed by atoms with Gasteiger partial charge in [-0.3, -0.25) is 9.13 Å². The Morgan fingerprint density at radius 3 is 2.41 bits per heavy atom. The van der Waals surface area contributed by atoms with E-state index < -0.39 is 0 Å². The van der Waals surface area contributed by atoms with Gasteiger partial charge in [0.05, 0.1) is 24.3 Å². The van der Waals surface area contributed by atoms with Crippen LogP contribution in [0.1, 0.15) is 18.9 Å². The average Bonchev–Trinajstić information content (AvgIpc) is 3.09. The van der Waals surface area contributed by atoms with Gasteiger partial charge in [-0.1, -0.05) is 12.1 Å². The summed E-state index contributed by atoms with van der Waals surface area (Å²) >= 11 is 0. The number of benzene rings is 1. The first-order valence-electron chi connectivity index (χ1n) is 10.5. The van der Waals surface area contributed by atoms with Crippen LogP contribution in [0.4, 0.5) is 11.5 Å². The fraction of sp³-hybridized carbons (Fsp3) is 0.304. The SMILES string of the molecule is COc1ncc(-c2ccc(Nc3cc4c(cn3)n(C)c(=O)n4C3CCOCC3)cc2)cn1. The van der Waals surface area contributed by atoms with Gasteiger partial charge >= 0.3 is 11.7 Å². The number of nitrogens with one attached hydrogen (secondary N) is 1. The first-order valence-corrected chi connectivity index (χ1v) is 10.5. The molecular formula is C23H24N6O3. The zero-order valence-corrected chi connectivity index (χ0v) is 18.0. The Balaban J connectivity index is 1.42. The molecule has 0 aliphatic carbocycles. The third-order valence-electron chi connectivity index (χ3n) is 5.83. The van der Waals surface area contributed by atoms with Crippen molar-refractivity contribution in [2.24, 2.45) is 7.05 Å². The van der Waals surface area contributed by atoms with Crippen molar-refractivity contribution in [3.8, 4) is 17.1 Å². The van der Waals surface area contributed by atoms with E-state index in [1.165, 1.54) is 0 Å². The van der Waals surface area contributed by atoms with Crippen LogP contribution in [0.3, 0.4) is 0 Å². The van der Waals surface area contributed by atoms with E-state index in [1.807, 2.05) is 34.9 Å². The van der Waals surface area contributed by atoms with E-state index in [2.05, 4.69) is 20.3 Å². The lowest BCUT2D eigenvalue weighted by Crippen LogP contribution is -2.29. The van der Waals surface area contributed by atoms with Crippen molar-refractivity contribution in [3.63, 3.8) is 0 Å². The predicted octanol–water partition coefficient (Wildman–Crippen LogP) is 3.30. The molecule has 1 saturated heterocycles. The van der Waals surface area contributed by atoms with Crippen LogP contribution in [0.2, 0.25) is 0 Å². The van der Waals surface area contributed by atoms with Crippen molar-refractivity contribution < 1.29 is 9.47 Å². The number of pyridine rings is 1. The molecule has 164 valence electrons. The van der Waals surface area contributed by atoms with Crippen molar-refractivity contribution in [2.75, 3.05) is 25.6 Å². The smallest absolute Gasteiger partial charge is 0.329 e. The molecule has 1 aliphatic rings. The maximum absolute atomic E-state index is 12.9. The maximum atomic E-state index is 12.9. The molecule has 1 fully saturated rings. The third-order valence-corrected chi connectivity index (χ3v) is 5.83. The lowest BCUT2D eigenvalue weighted by Gasteiger charge is -2.23. The molecular weight excluding hydrogens is 408 g/mol. The highest BCUT2D eigenvalue weighted by Gasteiger charge is 2.22. The van der Waals surface area contributed by atoms with Crippen LogP contribution in [0.15, 0.2) is 53.7 Å². The summed E-state index contributed by atoms with van der Waals surface area (Å²) in [7, 11) is 3.33. The molecule has 9 heteroatoms. The van der Waals surface area contributed by atoms with Crippen LogP contribution in [0.25, 0.3) is 22.2 Å². The van der Waals surface area contributed by atoms with Gasteiger partial charge in [-0.15, -0.1) is 0 Å². The van der Waals surface area contributed by atoms with E-state index in [-0.39, 0.29) is 11.7 Å². The number of methoxy groups -OCH3 is 1. The van der Waals surface area contributed by atoms with E-state index in [1.54, 1.807) is 37.3 Å². The lowest BCUT2D eigenvalue weighted by atomic mass is 10.1. The van der Waals surface area contributed by atoms with Crippen LogP contribution in [-0.4, -0.2) is 44.4 Å². The monoisotopic (exact) mass is 432 g/mol. The first kappa shape index (κ1) is 20.2. The average molecular weight is 432 g/mol. The third kappa shape index (κ3) is 3.71. The first-order chi connectivity index (χ1) is 15.6. The van der Waals surface area contributed by atoms with E-state index >= 15 is 0 Å². The Bertz CT molecular complexity index is 1290. The Morgan fingerprint density at radius 2 is 1.72 bits per heavy atom. The minimum absolute atomic E-state index is 0.0167. The minimum Gasteiger partial charge on any atom is -0.467 e. The van der Waals surface area contributed by atoms with Crippen molar-refractivity contribution in [1.29, 1.82) is 0 Å². The second-order valence-electron chi connectivity index (χ2n) is 7.77. The van der Waals surface area contributed by atoms with Crippen molar-refractivity contribution in [3.05, 3.63) is 59.4 Å². The molecule has 3 aromatic heterocycles. The number of aryl methyl sites for hydroxylation is 1. The molecule has 5 rings (SSSR count). The van der Waals surface area contributed by atoms with E-state index in [0.29, 0.717) is 25.0 Å². The molecule has 4 aromatic rings. The zero-order chi connectivity index (χ0) is 22.1. The van der Waals surface area contributed by atoms with Crippen molar-refractivity contribution >= 4 is 22.5 Å². The van der Waals surface area contributed by atoms with E-state index in [4.69, 9.17) is 9.47 Å². The number of imidazole rings is 1. The van der Waals surface area contributed by atoms with Crippen LogP contribution in [-0.2, 0) is 11.8 Å². The van der Waals surface area contributed by atoms with Crippen LogP contribution in [0, 0.1) is 0 Å². The van der Waals surface area contributed by atoms with Crippen molar-refractivity contribution in [1.82, 2.24) is 24.1 Å².